The number of rotatable bonds is 3. The third kappa shape index (κ3) is 2.31. The van der Waals surface area contributed by atoms with Gasteiger partial charge < -0.3 is 14.6 Å². The molecule has 0 fully saturated rings. The van der Waals surface area contributed by atoms with Gasteiger partial charge in [0.15, 0.2) is 17.2 Å². The quantitative estimate of drug-likeness (QED) is 0.770. The Labute approximate surface area is 125 Å². The molecule has 2 aromatic heterocycles. The van der Waals surface area contributed by atoms with E-state index in [1.165, 1.54) is 12.4 Å². The lowest BCUT2D eigenvalue weighted by Crippen LogP contribution is -2.02. The highest BCUT2D eigenvalue weighted by Crippen LogP contribution is 2.32. The molecule has 0 saturated heterocycles. The topological polar surface area (TPSA) is 96.5 Å². The molecule has 0 aliphatic heterocycles. The van der Waals surface area contributed by atoms with E-state index in [4.69, 9.17) is 9.52 Å². The molecule has 2 N–H and O–H groups in total. The number of oxazole rings is 1. The zero-order chi connectivity index (χ0) is 15.7. The largest absolute Gasteiger partial charge is 0.505 e. The van der Waals surface area contributed by atoms with Gasteiger partial charge in [0.1, 0.15) is 0 Å². The Kier molecular flexibility index (Phi) is 3.34. The molecule has 3 rings (SSSR count). The minimum atomic E-state index is -1.28. The molecule has 0 spiro atoms. The average molecular weight is 296 g/mol. The first-order valence-electron chi connectivity index (χ1n) is 6.51. The highest BCUT2D eigenvalue weighted by atomic mass is 16.4. The molecular formula is C16H12N2O4. The van der Waals surface area contributed by atoms with Gasteiger partial charge in [-0.15, -0.1) is 0 Å². The molecule has 0 aliphatic carbocycles. The monoisotopic (exact) mass is 296 g/mol. The molecule has 0 amide bonds. The molecule has 3 aromatic rings. The van der Waals surface area contributed by atoms with Crippen molar-refractivity contribution < 1.29 is 19.4 Å². The lowest BCUT2D eigenvalue weighted by molar-refractivity contribution is 0.0687. The van der Waals surface area contributed by atoms with Crippen molar-refractivity contribution in [2.24, 2.45) is 0 Å². The van der Waals surface area contributed by atoms with Crippen LogP contribution in [0.15, 0.2) is 47.1 Å². The van der Waals surface area contributed by atoms with Crippen LogP contribution in [0, 0.1) is 6.92 Å². The minimum absolute atomic E-state index is 0.373. The highest BCUT2D eigenvalue weighted by molar-refractivity contribution is 5.90. The molecule has 6 heteroatoms. The first-order chi connectivity index (χ1) is 10.6. The van der Waals surface area contributed by atoms with Crippen LogP contribution < -0.4 is 0 Å². The minimum Gasteiger partial charge on any atom is -0.505 e. The Hall–Kier alpha value is -3.15. The number of aromatic hydroxyl groups is 1. The number of aromatic carboxylic acids is 1. The van der Waals surface area contributed by atoms with Gasteiger partial charge in [-0.1, -0.05) is 18.2 Å². The second-order valence-electron chi connectivity index (χ2n) is 4.69. The molecular weight excluding hydrogens is 284 g/mol. The second-order valence-corrected chi connectivity index (χ2v) is 4.69. The van der Waals surface area contributed by atoms with Crippen LogP contribution in [-0.4, -0.2) is 26.2 Å². The van der Waals surface area contributed by atoms with Crippen molar-refractivity contribution in [3.8, 4) is 28.5 Å². The van der Waals surface area contributed by atoms with Crippen LogP contribution in [0.4, 0.5) is 0 Å². The second kappa shape index (κ2) is 5.33. The molecule has 110 valence electrons. The van der Waals surface area contributed by atoms with Crippen molar-refractivity contribution in [1.82, 2.24) is 9.97 Å². The van der Waals surface area contributed by atoms with Crippen LogP contribution >= 0.6 is 0 Å². The first kappa shape index (κ1) is 13.8. The van der Waals surface area contributed by atoms with Crippen molar-refractivity contribution in [3.63, 3.8) is 0 Å². The van der Waals surface area contributed by atoms with E-state index in [-0.39, 0.29) is 11.4 Å². The molecule has 0 radical (unpaired) electrons. The van der Waals surface area contributed by atoms with E-state index in [1.807, 2.05) is 30.3 Å². The number of carboxylic acid groups (broad SMARTS) is 1. The Morgan fingerprint density at radius 1 is 1.14 bits per heavy atom. The maximum absolute atomic E-state index is 11.0. The Balaban J connectivity index is 2.04. The Morgan fingerprint density at radius 3 is 2.55 bits per heavy atom. The summed E-state index contributed by atoms with van der Waals surface area (Å²) in [6, 6.07) is 9.38. The maximum Gasteiger partial charge on any atom is 0.358 e. The van der Waals surface area contributed by atoms with Gasteiger partial charge in [-0.25, -0.2) is 14.8 Å². The number of hydrogen-bond acceptors (Lipinski definition) is 5. The van der Waals surface area contributed by atoms with Gasteiger partial charge in [0.25, 0.3) is 0 Å². The van der Waals surface area contributed by atoms with Crippen molar-refractivity contribution in [2.75, 3.05) is 0 Å². The summed E-state index contributed by atoms with van der Waals surface area (Å²) in [5.74, 6) is -0.801. The third-order valence-corrected chi connectivity index (χ3v) is 3.30. The van der Waals surface area contributed by atoms with E-state index in [9.17, 15) is 9.90 Å². The average Bonchev–Trinajstić information content (AvgIpc) is 3.00. The summed E-state index contributed by atoms with van der Waals surface area (Å²) in [4.78, 5) is 18.9. The van der Waals surface area contributed by atoms with Crippen LogP contribution in [0.3, 0.4) is 0 Å². The van der Waals surface area contributed by atoms with Gasteiger partial charge >= 0.3 is 5.97 Å². The number of hydrogen-bond donors (Lipinski definition) is 2. The summed E-state index contributed by atoms with van der Waals surface area (Å²) >= 11 is 0. The SMILES string of the molecule is Cc1c(-c2cnc(-c3ccccc3)o2)cnc(C(=O)O)c1O. The number of carboxylic acids is 1. The van der Waals surface area contributed by atoms with Gasteiger partial charge in [-0.05, 0) is 19.1 Å². The summed E-state index contributed by atoms with van der Waals surface area (Å²) in [5.41, 5.74) is 1.31. The van der Waals surface area contributed by atoms with Gasteiger partial charge in [0, 0.05) is 22.9 Å². The zero-order valence-electron chi connectivity index (χ0n) is 11.6. The molecule has 22 heavy (non-hydrogen) atoms. The van der Waals surface area contributed by atoms with E-state index in [0.717, 1.165) is 5.56 Å². The van der Waals surface area contributed by atoms with E-state index in [0.29, 0.717) is 22.8 Å². The molecule has 0 aliphatic rings. The fraction of sp³-hybridized carbons (Fsp3) is 0.0625. The number of nitrogens with zero attached hydrogens (tertiary/aromatic N) is 2. The maximum atomic E-state index is 11.0. The number of pyridine rings is 1. The Morgan fingerprint density at radius 2 is 1.86 bits per heavy atom. The summed E-state index contributed by atoms with van der Waals surface area (Å²) in [6.45, 7) is 1.60. The number of benzene rings is 1. The molecule has 2 heterocycles. The van der Waals surface area contributed by atoms with Crippen LogP contribution in [0.25, 0.3) is 22.8 Å². The highest BCUT2D eigenvalue weighted by Gasteiger charge is 2.19. The third-order valence-electron chi connectivity index (χ3n) is 3.30. The first-order valence-corrected chi connectivity index (χ1v) is 6.51. The summed E-state index contributed by atoms with van der Waals surface area (Å²) in [6.07, 6.45) is 2.88. The van der Waals surface area contributed by atoms with E-state index >= 15 is 0 Å². The molecule has 0 bridgehead atoms. The van der Waals surface area contributed by atoms with Gasteiger partial charge in [0.05, 0.1) is 6.20 Å². The van der Waals surface area contributed by atoms with Gasteiger partial charge in [0.2, 0.25) is 5.89 Å². The van der Waals surface area contributed by atoms with Crippen LogP contribution in [-0.2, 0) is 0 Å². The fourth-order valence-corrected chi connectivity index (χ4v) is 2.11. The Bertz CT molecular complexity index is 841. The summed E-state index contributed by atoms with van der Waals surface area (Å²) in [5, 5.41) is 18.9. The standard InChI is InChI=1S/C16H12N2O4/c1-9-11(7-17-13(14(9)19)16(20)21)12-8-18-15(22-12)10-5-3-2-4-6-10/h2-8,19H,1H3,(H,20,21). The van der Waals surface area contributed by atoms with E-state index < -0.39 is 5.97 Å². The zero-order valence-corrected chi connectivity index (χ0v) is 11.6. The molecule has 0 unspecified atom stereocenters. The van der Waals surface area contributed by atoms with Crippen LogP contribution in [0.5, 0.6) is 5.75 Å². The molecule has 1 aromatic carbocycles. The van der Waals surface area contributed by atoms with Crippen molar-refractivity contribution in [2.45, 2.75) is 6.92 Å². The molecule has 0 atom stereocenters. The van der Waals surface area contributed by atoms with Crippen LogP contribution in [0.1, 0.15) is 16.1 Å². The van der Waals surface area contributed by atoms with Crippen molar-refractivity contribution in [3.05, 3.63) is 54.0 Å². The lowest BCUT2D eigenvalue weighted by atomic mass is 10.1. The predicted octanol–water partition coefficient (Wildman–Crippen LogP) is 3.12. The van der Waals surface area contributed by atoms with Crippen molar-refractivity contribution >= 4 is 5.97 Å². The smallest absolute Gasteiger partial charge is 0.358 e. The van der Waals surface area contributed by atoms with Gasteiger partial charge in [-0.2, -0.15) is 0 Å². The summed E-state index contributed by atoms with van der Waals surface area (Å²) in [7, 11) is 0. The number of carbonyl (C=O) groups is 1. The van der Waals surface area contributed by atoms with E-state index in [1.54, 1.807) is 6.92 Å². The normalized spacial score (nSPS) is 10.6. The van der Waals surface area contributed by atoms with Crippen LogP contribution in [0.2, 0.25) is 0 Å². The fourth-order valence-electron chi connectivity index (χ4n) is 2.11. The summed E-state index contributed by atoms with van der Waals surface area (Å²) < 4.78 is 5.68. The van der Waals surface area contributed by atoms with Crippen molar-refractivity contribution in [1.29, 1.82) is 0 Å². The lowest BCUT2D eigenvalue weighted by Gasteiger charge is -2.06. The molecule has 6 nitrogen and oxygen atoms in total. The van der Waals surface area contributed by atoms with Gasteiger partial charge in [-0.3, -0.25) is 0 Å². The molecule has 0 saturated carbocycles. The number of aromatic nitrogens is 2. The predicted molar refractivity (Wildman–Crippen MR) is 78.5 cm³/mol. The van der Waals surface area contributed by atoms with E-state index in [2.05, 4.69) is 9.97 Å².